The number of hydrogen-bond acceptors (Lipinski definition) is 1. The summed E-state index contributed by atoms with van der Waals surface area (Å²) in [4.78, 5) is 0. The van der Waals surface area contributed by atoms with E-state index in [1.165, 1.54) is 18.6 Å². The Kier molecular flexibility index (Phi) is 1.89. The molecule has 1 heterocycles. The molecule has 0 aromatic rings. The molecule has 0 saturated carbocycles. The molecule has 1 aliphatic rings. The molecule has 1 fully saturated rings. The van der Waals surface area contributed by atoms with Crippen molar-refractivity contribution in [2.75, 3.05) is 5.75 Å². The number of hydrogen-bond donors (Lipinski definition) is 0. The second-order valence-corrected chi connectivity index (χ2v) is 6.76. The molecular formula is C5H9IS. The summed E-state index contributed by atoms with van der Waals surface area (Å²) in [5.74, 6) is 1.37. The van der Waals surface area contributed by atoms with Crippen LogP contribution in [0.1, 0.15) is 19.8 Å². The molecule has 1 rings (SSSR count). The summed E-state index contributed by atoms with van der Waals surface area (Å²) in [7, 11) is 0. The van der Waals surface area contributed by atoms with Crippen molar-refractivity contribution in [1.82, 2.24) is 0 Å². The van der Waals surface area contributed by atoms with Gasteiger partial charge < -0.3 is 0 Å². The molecule has 2 heteroatoms. The minimum Gasteiger partial charge on any atom is -0.145 e. The average molecular weight is 228 g/mol. The largest absolute Gasteiger partial charge is 0.145 e. The zero-order valence-electron chi connectivity index (χ0n) is 4.41. The molecule has 0 spiro atoms. The van der Waals surface area contributed by atoms with Crippen LogP contribution >= 0.6 is 34.4 Å². The quantitative estimate of drug-likeness (QED) is 0.453. The molecule has 0 bridgehead atoms. The molecule has 0 aromatic heterocycles. The van der Waals surface area contributed by atoms with E-state index in [2.05, 4.69) is 41.3 Å². The van der Waals surface area contributed by atoms with Crippen LogP contribution in [0.3, 0.4) is 0 Å². The molecule has 7 heavy (non-hydrogen) atoms. The highest BCUT2D eigenvalue weighted by molar-refractivity contribution is 14.1. The van der Waals surface area contributed by atoms with Gasteiger partial charge in [0.25, 0.3) is 0 Å². The lowest BCUT2D eigenvalue weighted by Crippen LogP contribution is -2.00. The molecule has 1 unspecified atom stereocenters. The Hall–Kier alpha value is 1.08. The Labute approximate surface area is 62.6 Å². The van der Waals surface area contributed by atoms with Crippen LogP contribution < -0.4 is 0 Å². The number of thioether (sulfide) groups is 1. The van der Waals surface area contributed by atoms with E-state index in [1.54, 1.807) is 0 Å². The van der Waals surface area contributed by atoms with E-state index in [1.807, 2.05) is 0 Å². The van der Waals surface area contributed by atoms with Gasteiger partial charge in [-0.1, -0.05) is 22.6 Å². The van der Waals surface area contributed by atoms with Gasteiger partial charge in [-0.2, -0.15) is 0 Å². The lowest BCUT2D eigenvalue weighted by Gasteiger charge is -2.10. The summed E-state index contributed by atoms with van der Waals surface area (Å²) < 4.78 is 0.581. The van der Waals surface area contributed by atoms with Gasteiger partial charge in [0.15, 0.2) is 0 Å². The predicted octanol–water partition coefficient (Wildman–Crippen LogP) is 2.66. The minimum absolute atomic E-state index is 0.581. The fourth-order valence-corrected chi connectivity index (χ4v) is 2.79. The third kappa shape index (κ3) is 1.80. The Bertz CT molecular complexity index is 62.5. The van der Waals surface area contributed by atoms with Gasteiger partial charge in [-0.3, -0.25) is 0 Å². The molecule has 0 nitrogen and oxygen atoms in total. The van der Waals surface area contributed by atoms with Crippen molar-refractivity contribution in [1.29, 1.82) is 0 Å². The van der Waals surface area contributed by atoms with E-state index in [0.717, 1.165) is 0 Å². The topological polar surface area (TPSA) is 0 Å². The first-order valence-electron chi connectivity index (χ1n) is 2.54. The monoisotopic (exact) mass is 228 g/mol. The van der Waals surface area contributed by atoms with E-state index in [-0.39, 0.29) is 0 Å². The maximum atomic E-state index is 2.53. The molecule has 1 atom stereocenters. The molecular weight excluding hydrogens is 219 g/mol. The second kappa shape index (κ2) is 2.13. The van der Waals surface area contributed by atoms with E-state index in [4.69, 9.17) is 0 Å². The highest BCUT2D eigenvalue weighted by atomic mass is 127. The zero-order valence-corrected chi connectivity index (χ0v) is 7.38. The second-order valence-electron chi connectivity index (χ2n) is 2.05. The number of alkyl halides is 1. The summed E-state index contributed by atoms with van der Waals surface area (Å²) in [5.41, 5.74) is 0. The van der Waals surface area contributed by atoms with Crippen molar-refractivity contribution in [2.24, 2.45) is 0 Å². The first-order chi connectivity index (χ1) is 3.21. The third-order valence-electron chi connectivity index (χ3n) is 1.17. The van der Waals surface area contributed by atoms with Crippen LogP contribution in [0.15, 0.2) is 0 Å². The Morgan fingerprint density at radius 1 is 1.71 bits per heavy atom. The van der Waals surface area contributed by atoms with Crippen molar-refractivity contribution >= 4 is 34.4 Å². The maximum Gasteiger partial charge on any atom is 0.0645 e. The molecule has 0 radical (unpaired) electrons. The number of rotatable bonds is 0. The minimum atomic E-state index is 0.581. The van der Waals surface area contributed by atoms with Crippen LogP contribution in [0.25, 0.3) is 0 Å². The van der Waals surface area contributed by atoms with Crippen molar-refractivity contribution in [3.8, 4) is 0 Å². The van der Waals surface area contributed by atoms with E-state index < -0.39 is 0 Å². The van der Waals surface area contributed by atoms with Gasteiger partial charge in [0.2, 0.25) is 0 Å². The zero-order chi connectivity index (χ0) is 5.33. The van der Waals surface area contributed by atoms with Crippen molar-refractivity contribution in [3.63, 3.8) is 0 Å². The average Bonchev–Trinajstić information content (AvgIpc) is 1.84. The fourth-order valence-electron chi connectivity index (χ4n) is 0.745. The van der Waals surface area contributed by atoms with Crippen LogP contribution in [0.4, 0.5) is 0 Å². The van der Waals surface area contributed by atoms with E-state index in [9.17, 15) is 0 Å². The predicted molar refractivity (Wildman–Crippen MR) is 44.1 cm³/mol. The molecule has 0 aliphatic carbocycles. The third-order valence-corrected chi connectivity index (χ3v) is 3.94. The van der Waals surface area contributed by atoms with Gasteiger partial charge in [0.05, 0.1) is 2.75 Å². The van der Waals surface area contributed by atoms with Crippen molar-refractivity contribution in [3.05, 3.63) is 0 Å². The van der Waals surface area contributed by atoms with Crippen molar-refractivity contribution < 1.29 is 0 Å². The molecule has 42 valence electrons. The lowest BCUT2D eigenvalue weighted by molar-refractivity contribution is 0.819. The first kappa shape index (κ1) is 6.20. The summed E-state index contributed by atoms with van der Waals surface area (Å²) >= 11 is 4.62. The van der Waals surface area contributed by atoms with Crippen LogP contribution in [0.2, 0.25) is 0 Å². The van der Waals surface area contributed by atoms with E-state index in [0.29, 0.717) is 2.75 Å². The molecule has 1 aliphatic heterocycles. The van der Waals surface area contributed by atoms with Crippen LogP contribution in [0, 0.1) is 0 Å². The van der Waals surface area contributed by atoms with Gasteiger partial charge in [-0.25, -0.2) is 0 Å². The van der Waals surface area contributed by atoms with Gasteiger partial charge in [0, 0.05) is 0 Å². The molecule has 0 N–H and O–H groups in total. The molecule has 1 saturated heterocycles. The Balaban J connectivity index is 2.40. The lowest BCUT2D eigenvalue weighted by atomic mass is 10.3. The van der Waals surface area contributed by atoms with E-state index >= 15 is 0 Å². The van der Waals surface area contributed by atoms with Crippen molar-refractivity contribution in [2.45, 2.75) is 22.5 Å². The summed E-state index contributed by atoms with van der Waals surface area (Å²) in [6.45, 7) is 2.31. The highest BCUT2D eigenvalue weighted by Gasteiger charge is 2.24. The Morgan fingerprint density at radius 2 is 2.43 bits per heavy atom. The highest BCUT2D eigenvalue weighted by Crippen LogP contribution is 2.42. The summed E-state index contributed by atoms with van der Waals surface area (Å²) in [6.07, 6.45) is 2.82. The molecule has 0 amide bonds. The maximum absolute atomic E-state index is 2.53. The smallest absolute Gasteiger partial charge is 0.0645 e. The Morgan fingerprint density at radius 3 is 2.57 bits per heavy atom. The first-order valence-corrected chi connectivity index (χ1v) is 4.60. The fraction of sp³-hybridized carbons (Fsp3) is 1.00. The van der Waals surface area contributed by atoms with Crippen LogP contribution in [0.5, 0.6) is 0 Å². The SMILES string of the molecule is CC1(I)CCCS1. The number of halogens is 1. The van der Waals surface area contributed by atoms with Crippen LogP contribution in [-0.4, -0.2) is 8.51 Å². The van der Waals surface area contributed by atoms with Gasteiger partial charge in [-0.15, -0.1) is 11.8 Å². The summed E-state index contributed by atoms with van der Waals surface area (Å²) in [6, 6.07) is 0. The van der Waals surface area contributed by atoms with Gasteiger partial charge >= 0.3 is 0 Å². The van der Waals surface area contributed by atoms with Crippen LogP contribution in [-0.2, 0) is 0 Å². The standard InChI is InChI=1S/C5H9IS/c1-5(6)3-2-4-7-5/h2-4H2,1H3. The van der Waals surface area contributed by atoms with Gasteiger partial charge in [0.1, 0.15) is 0 Å². The van der Waals surface area contributed by atoms with Gasteiger partial charge in [-0.05, 0) is 25.5 Å². The summed E-state index contributed by atoms with van der Waals surface area (Å²) in [5, 5.41) is 0. The molecule has 0 aromatic carbocycles. The normalized spacial score (nSPS) is 42.0.